The van der Waals surface area contributed by atoms with Gasteiger partial charge in [0.25, 0.3) is 10.0 Å². The van der Waals surface area contributed by atoms with Crippen molar-refractivity contribution in [2.75, 3.05) is 18.9 Å². The molecule has 0 bridgehead atoms. The van der Waals surface area contributed by atoms with E-state index >= 15 is 0 Å². The Hall–Kier alpha value is -4.12. The van der Waals surface area contributed by atoms with E-state index in [-0.39, 0.29) is 10.6 Å². The van der Waals surface area contributed by atoms with Gasteiger partial charge in [-0.2, -0.15) is 0 Å². The van der Waals surface area contributed by atoms with Crippen molar-refractivity contribution in [1.82, 2.24) is 19.5 Å². The van der Waals surface area contributed by atoms with E-state index in [0.717, 1.165) is 5.82 Å². The Bertz CT molecular complexity index is 1370. The zero-order valence-electron chi connectivity index (χ0n) is 18.1. The van der Waals surface area contributed by atoms with Crippen LogP contribution < -0.4 is 18.9 Å². The smallest absolute Gasteiger partial charge is 0.265 e. The fourth-order valence-electron chi connectivity index (χ4n) is 3.05. The van der Waals surface area contributed by atoms with Crippen LogP contribution in [0.4, 0.5) is 5.69 Å². The van der Waals surface area contributed by atoms with Gasteiger partial charge in [-0.3, -0.25) is 9.29 Å². The highest BCUT2D eigenvalue weighted by Crippen LogP contribution is 2.30. The molecule has 4 rings (SSSR count). The molecule has 11 heteroatoms. The molecule has 0 spiro atoms. The van der Waals surface area contributed by atoms with Crippen LogP contribution in [0.1, 0.15) is 5.82 Å². The van der Waals surface area contributed by atoms with E-state index in [1.165, 1.54) is 32.7 Å². The lowest BCUT2D eigenvalue weighted by Crippen LogP contribution is -2.14. The average Bonchev–Trinajstić information content (AvgIpc) is 3.26. The van der Waals surface area contributed by atoms with Crippen molar-refractivity contribution in [3.05, 3.63) is 73.1 Å². The second-order valence-corrected chi connectivity index (χ2v) is 8.46. The SMILES string of the molecule is COc1ccc(OC)c(S(=O)(=O)Nc2ccc(Oc3cc(-n4ccnc4C)ncn3)cc2)c1. The number of nitrogens with one attached hydrogen (secondary N) is 1. The predicted molar refractivity (Wildman–Crippen MR) is 121 cm³/mol. The molecule has 0 amide bonds. The molecule has 10 nitrogen and oxygen atoms in total. The lowest BCUT2D eigenvalue weighted by molar-refractivity contribution is 0.392. The molecule has 33 heavy (non-hydrogen) atoms. The number of benzene rings is 2. The molecule has 0 aliphatic rings. The van der Waals surface area contributed by atoms with E-state index in [0.29, 0.717) is 28.9 Å². The maximum Gasteiger partial charge on any atom is 0.265 e. The topological polar surface area (TPSA) is 117 Å². The van der Waals surface area contributed by atoms with Crippen molar-refractivity contribution < 1.29 is 22.6 Å². The van der Waals surface area contributed by atoms with Crippen LogP contribution in [0.3, 0.4) is 0 Å². The van der Waals surface area contributed by atoms with Crippen LogP contribution in [0.2, 0.25) is 0 Å². The number of aryl methyl sites for hydroxylation is 1. The molecule has 0 radical (unpaired) electrons. The van der Waals surface area contributed by atoms with Gasteiger partial charge in [-0.25, -0.2) is 23.4 Å². The largest absolute Gasteiger partial charge is 0.497 e. The van der Waals surface area contributed by atoms with Crippen molar-refractivity contribution in [2.45, 2.75) is 11.8 Å². The molecule has 0 unspecified atom stereocenters. The van der Waals surface area contributed by atoms with E-state index in [1.54, 1.807) is 53.4 Å². The number of aromatic nitrogens is 4. The number of imidazole rings is 1. The van der Waals surface area contributed by atoms with Crippen LogP contribution >= 0.6 is 0 Å². The van der Waals surface area contributed by atoms with Gasteiger partial charge in [0.2, 0.25) is 5.88 Å². The van der Waals surface area contributed by atoms with Crippen molar-refractivity contribution in [1.29, 1.82) is 0 Å². The summed E-state index contributed by atoms with van der Waals surface area (Å²) >= 11 is 0. The maximum absolute atomic E-state index is 12.9. The highest BCUT2D eigenvalue weighted by atomic mass is 32.2. The van der Waals surface area contributed by atoms with Gasteiger partial charge in [-0.05, 0) is 43.3 Å². The Morgan fingerprint density at radius 1 is 0.909 bits per heavy atom. The third kappa shape index (κ3) is 4.88. The number of sulfonamides is 1. The molecule has 1 N–H and O–H groups in total. The van der Waals surface area contributed by atoms with Gasteiger partial charge in [0, 0.05) is 30.2 Å². The zero-order chi connectivity index (χ0) is 23.4. The molecule has 0 fully saturated rings. The number of hydrogen-bond acceptors (Lipinski definition) is 8. The fourth-order valence-corrected chi connectivity index (χ4v) is 4.30. The van der Waals surface area contributed by atoms with Gasteiger partial charge in [-0.1, -0.05) is 0 Å². The van der Waals surface area contributed by atoms with Crippen molar-refractivity contribution in [3.63, 3.8) is 0 Å². The summed E-state index contributed by atoms with van der Waals surface area (Å²) < 4.78 is 46.2. The summed E-state index contributed by atoms with van der Waals surface area (Å²) in [5.74, 6) is 2.81. The summed E-state index contributed by atoms with van der Waals surface area (Å²) in [4.78, 5) is 12.5. The molecule has 4 aromatic rings. The third-order valence-electron chi connectivity index (χ3n) is 4.69. The van der Waals surface area contributed by atoms with Gasteiger partial charge in [0.1, 0.15) is 40.1 Å². The van der Waals surface area contributed by atoms with E-state index in [4.69, 9.17) is 14.2 Å². The minimum atomic E-state index is -3.92. The van der Waals surface area contributed by atoms with Crippen LogP contribution in [-0.2, 0) is 10.0 Å². The van der Waals surface area contributed by atoms with Crippen LogP contribution in [-0.4, -0.2) is 42.2 Å². The molecule has 170 valence electrons. The van der Waals surface area contributed by atoms with Crippen molar-refractivity contribution in [2.24, 2.45) is 0 Å². The Labute approximate surface area is 190 Å². The molecular formula is C22H21N5O5S. The number of ether oxygens (including phenoxy) is 3. The standard InChI is InChI=1S/C22H21N5O5S/c1-15-23-10-11-27(15)21-13-22(25-14-24-21)32-17-6-4-16(5-7-17)26-33(28,29)20-12-18(30-2)8-9-19(20)31-3/h4-14,26H,1-3H3. The van der Waals surface area contributed by atoms with E-state index in [9.17, 15) is 8.42 Å². The summed E-state index contributed by atoms with van der Waals surface area (Å²) in [5.41, 5.74) is 0.352. The first-order valence-corrected chi connectivity index (χ1v) is 11.2. The first-order chi connectivity index (χ1) is 15.9. The number of hydrogen-bond donors (Lipinski definition) is 1. The molecule has 0 aliphatic heterocycles. The molecule has 0 saturated carbocycles. The van der Waals surface area contributed by atoms with E-state index < -0.39 is 10.0 Å². The summed E-state index contributed by atoms with van der Waals surface area (Å²) in [6.45, 7) is 1.86. The number of nitrogens with zero attached hydrogens (tertiary/aromatic N) is 4. The van der Waals surface area contributed by atoms with Gasteiger partial charge in [-0.15, -0.1) is 0 Å². The van der Waals surface area contributed by atoms with Crippen molar-refractivity contribution in [3.8, 4) is 28.9 Å². The number of methoxy groups -OCH3 is 2. The van der Waals surface area contributed by atoms with Crippen LogP contribution in [0.15, 0.2) is 72.1 Å². The lowest BCUT2D eigenvalue weighted by Gasteiger charge is -2.13. The highest BCUT2D eigenvalue weighted by molar-refractivity contribution is 7.92. The summed E-state index contributed by atoms with van der Waals surface area (Å²) in [6, 6.07) is 12.7. The molecule has 0 saturated heterocycles. The third-order valence-corrected chi connectivity index (χ3v) is 6.09. The molecule has 2 aromatic carbocycles. The number of rotatable bonds is 8. The summed E-state index contributed by atoms with van der Waals surface area (Å²) in [6.07, 6.45) is 4.87. The minimum Gasteiger partial charge on any atom is -0.497 e. The Morgan fingerprint density at radius 2 is 1.67 bits per heavy atom. The predicted octanol–water partition coefficient (Wildman–Crippen LogP) is 3.58. The van der Waals surface area contributed by atoms with Gasteiger partial charge in [0.15, 0.2) is 0 Å². The Kier molecular flexibility index (Phi) is 6.13. The first kappa shape index (κ1) is 22.1. The second-order valence-electron chi connectivity index (χ2n) is 6.81. The van der Waals surface area contributed by atoms with Crippen LogP contribution in [0, 0.1) is 6.92 Å². The molecular weight excluding hydrogens is 446 g/mol. The average molecular weight is 468 g/mol. The Morgan fingerprint density at radius 3 is 2.33 bits per heavy atom. The molecule has 0 atom stereocenters. The quantitative estimate of drug-likeness (QED) is 0.418. The van der Waals surface area contributed by atoms with Gasteiger partial charge < -0.3 is 14.2 Å². The van der Waals surface area contributed by atoms with Gasteiger partial charge in [0.05, 0.1) is 14.2 Å². The second kappa shape index (κ2) is 9.17. The fraction of sp³-hybridized carbons (Fsp3) is 0.136. The van der Waals surface area contributed by atoms with Crippen LogP contribution in [0.25, 0.3) is 5.82 Å². The van der Waals surface area contributed by atoms with Crippen LogP contribution in [0.5, 0.6) is 23.1 Å². The van der Waals surface area contributed by atoms with Crippen molar-refractivity contribution >= 4 is 15.7 Å². The normalized spacial score (nSPS) is 11.1. The molecule has 2 heterocycles. The number of anilines is 1. The van der Waals surface area contributed by atoms with E-state index in [2.05, 4.69) is 19.7 Å². The zero-order valence-corrected chi connectivity index (χ0v) is 18.9. The summed E-state index contributed by atoms with van der Waals surface area (Å²) in [5, 5.41) is 0. The highest BCUT2D eigenvalue weighted by Gasteiger charge is 2.21. The molecule has 0 aliphatic carbocycles. The monoisotopic (exact) mass is 467 g/mol. The van der Waals surface area contributed by atoms with E-state index in [1.807, 2.05) is 6.92 Å². The molecule has 2 aromatic heterocycles. The Balaban J connectivity index is 1.51. The van der Waals surface area contributed by atoms with Gasteiger partial charge >= 0.3 is 0 Å². The lowest BCUT2D eigenvalue weighted by atomic mass is 10.3. The minimum absolute atomic E-state index is 0.0343. The summed E-state index contributed by atoms with van der Waals surface area (Å²) in [7, 11) is -1.06. The maximum atomic E-state index is 12.9. The first-order valence-electron chi connectivity index (χ1n) is 9.75.